The second-order valence-electron chi connectivity index (χ2n) is 4.68. The number of aliphatic carboxylic acids is 1. The molecule has 5 heteroatoms. The molecule has 1 fully saturated rings. The van der Waals surface area contributed by atoms with Crippen LogP contribution in [0.15, 0.2) is 30.4 Å². The summed E-state index contributed by atoms with van der Waals surface area (Å²) in [7, 11) is 0. The molecule has 1 aromatic rings. The largest absolute Gasteiger partial charge is 0.486 e. The van der Waals surface area contributed by atoms with Crippen LogP contribution in [0.5, 0.6) is 11.5 Å². The zero-order valence-electron chi connectivity index (χ0n) is 10.3. The Hall–Kier alpha value is -2.01. The van der Waals surface area contributed by atoms with E-state index in [9.17, 15) is 4.79 Å². The Morgan fingerprint density at radius 3 is 2.58 bits per heavy atom. The molecule has 2 heterocycles. The summed E-state index contributed by atoms with van der Waals surface area (Å²) < 4.78 is 16.3. The van der Waals surface area contributed by atoms with Crippen LogP contribution in [0.3, 0.4) is 0 Å². The van der Waals surface area contributed by atoms with E-state index in [1.807, 2.05) is 18.2 Å². The van der Waals surface area contributed by atoms with Gasteiger partial charge in [-0.05, 0) is 17.7 Å². The highest BCUT2D eigenvalue weighted by atomic mass is 16.6. The van der Waals surface area contributed by atoms with Gasteiger partial charge in [0.05, 0.1) is 18.6 Å². The fourth-order valence-corrected chi connectivity index (χ4v) is 2.26. The first kappa shape index (κ1) is 12.0. The molecule has 2 aliphatic rings. The molecule has 0 radical (unpaired) electrons. The number of rotatable bonds is 3. The Morgan fingerprint density at radius 1 is 1.21 bits per heavy atom. The minimum absolute atomic E-state index is 0.367. The quantitative estimate of drug-likeness (QED) is 0.833. The van der Waals surface area contributed by atoms with Crippen molar-refractivity contribution in [3.8, 4) is 11.5 Å². The molecule has 3 rings (SSSR count). The lowest BCUT2D eigenvalue weighted by Gasteiger charge is -2.39. The zero-order valence-corrected chi connectivity index (χ0v) is 10.3. The first-order valence-electron chi connectivity index (χ1n) is 6.10. The van der Waals surface area contributed by atoms with Crippen LogP contribution < -0.4 is 9.47 Å². The minimum atomic E-state index is -0.955. The fourth-order valence-electron chi connectivity index (χ4n) is 2.26. The molecule has 100 valence electrons. The van der Waals surface area contributed by atoms with E-state index in [1.165, 1.54) is 6.08 Å². The summed E-state index contributed by atoms with van der Waals surface area (Å²) in [6.07, 6.45) is 2.85. The molecule has 5 nitrogen and oxygen atoms in total. The third-order valence-electron chi connectivity index (χ3n) is 3.38. The molecule has 2 aliphatic heterocycles. The average Bonchev–Trinajstić information content (AvgIpc) is 2.37. The van der Waals surface area contributed by atoms with Crippen molar-refractivity contribution < 1.29 is 24.1 Å². The molecule has 1 aromatic carbocycles. The van der Waals surface area contributed by atoms with Gasteiger partial charge in [-0.2, -0.15) is 0 Å². The van der Waals surface area contributed by atoms with Crippen LogP contribution in [-0.4, -0.2) is 37.5 Å². The second-order valence-corrected chi connectivity index (χ2v) is 4.68. The second kappa shape index (κ2) is 4.59. The summed E-state index contributed by atoms with van der Waals surface area (Å²) >= 11 is 0. The predicted molar refractivity (Wildman–Crippen MR) is 66.7 cm³/mol. The maximum atomic E-state index is 10.7. The Labute approximate surface area is 110 Å². The number of benzene rings is 1. The van der Waals surface area contributed by atoms with Gasteiger partial charge in [0.25, 0.3) is 0 Å². The summed E-state index contributed by atoms with van der Waals surface area (Å²) in [6, 6.07) is 5.70. The highest BCUT2D eigenvalue weighted by Gasteiger charge is 2.38. The smallest absolute Gasteiger partial charge is 0.328 e. The predicted octanol–water partition coefficient (Wildman–Crippen LogP) is 1.37. The molecule has 0 atom stereocenters. The molecule has 0 aromatic heterocycles. The van der Waals surface area contributed by atoms with Gasteiger partial charge in [0, 0.05) is 6.08 Å². The molecule has 1 N–H and O–H groups in total. The van der Waals surface area contributed by atoms with Gasteiger partial charge in [-0.3, -0.25) is 0 Å². The summed E-state index contributed by atoms with van der Waals surface area (Å²) in [4.78, 5) is 10.7. The highest BCUT2D eigenvalue weighted by Crippen LogP contribution is 2.39. The monoisotopic (exact) mass is 262 g/mol. The SMILES string of the molecule is O=C(O)/C=C/C1(c2ccc3c(c2)OCCO3)COC1. The molecular weight excluding hydrogens is 248 g/mol. The molecule has 1 saturated heterocycles. The van der Waals surface area contributed by atoms with E-state index in [1.54, 1.807) is 6.08 Å². The number of ether oxygens (including phenoxy) is 3. The van der Waals surface area contributed by atoms with Crippen LogP contribution in [0.25, 0.3) is 0 Å². The molecule has 0 unspecified atom stereocenters. The van der Waals surface area contributed by atoms with E-state index >= 15 is 0 Å². The lowest BCUT2D eigenvalue weighted by Crippen LogP contribution is -2.45. The van der Waals surface area contributed by atoms with Crippen molar-refractivity contribution >= 4 is 5.97 Å². The van der Waals surface area contributed by atoms with Crippen LogP contribution in [-0.2, 0) is 14.9 Å². The molecule has 0 amide bonds. The van der Waals surface area contributed by atoms with Crippen molar-refractivity contribution in [3.05, 3.63) is 35.9 Å². The summed E-state index contributed by atoms with van der Waals surface area (Å²) in [6.45, 7) is 2.05. The Morgan fingerprint density at radius 2 is 1.95 bits per heavy atom. The van der Waals surface area contributed by atoms with Gasteiger partial charge in [0.2, 0.25) is 0 Å². The normalized spacial score (nSPS) is 20.0. The van der Waals surface area contributed by atoms with Gasteiger partial charge in [0.15, 0.2) is 11.5 Å². The van der Waals surface area contributed by atoms with E-state index in [0.717, 1.165) is 11.3 Å². The van der Waals surface area contributed by atoms with Gasteiger partial charge < -0.3 is 19.3 Å². The van der Waals surface area contributed by atoms with Crippen molar-refractivity contribution in [1.29, 1.82) is 0 Å². The van der Waals surface area contributed by atoms with Gasteiger partial charge in [-0.1, -0.05) is 12.1 Å². The summed E-state index contributed by atoms with van der Waals surface area (Å²) in [5.41, 5.74) is 0.620. The van der Waals surface area contributed by atoms with Crippen molar-refractivity contribution in [1.82, 2.24) is 0 Å². The third-order valence-corrected chi connectivity index (χ3v) is 3.38. The number of carboxylic acid groups (broad SMARTS) is 1. The van der Waals surface area contributed by atoms with Gasteiger partial charge in [-0.25, -0.2) is 4.79 Å². The van der Waals surface area contributed by atoms with E-state index < -0.39 is 5.97 Å². The van der Waals surface area contributed by atoms with Crippen molar-refractivity contribution in [3.63, 3.8) is 0 Å². The maximum Gasteiger partial charge on any atom is 0.328 e. The first-order chi connectivity index (χ1) is 9.20. The highest BCUT2D eigenvalue weighted by molar-refractivity contribution is 5.80. The number of carbonyl (C=O) groups is 1. The van der Waals surface area contributed by atoms with Crippen LogP contribution >= 0.6 is 0 Å². The summed E-state index contributed by atoms with van der Waals surface area (Å²) in [5, 5.41) is 8.76. The van der Waals surface area contributed by atoms with Crippen LogP contribution in [0.1, 0.15) is 5.56 Å². The third kappa shape index (κ3) is 2.17. The molecule has 19 heavy (non-hydrogen) atoms. The average molecular weight is 262 g/mol. The fraction of sp³-hybridized carbons (Fsp3) is 0.357. The van der Waals surface area contributed by atoms with Crippen LogP contribution in [0.4, 0.5) is 0 Å². The Kier molecular flexibility index (Phi) is 2.91. The Bertz CT molecular complexity index is 531. The number of fused-ring (bicyclic) bond motifs is 1. The lowest BCUT2D eigenvalue weighted by molar-refractivity contribution is -0.131. The molecule has 0 bridgehead atoms. The zero-order chi connectivity index (χ0) is 13.3. The first-order valence-corrected chi connectivity index (χ1v) is 6.10. The lowest BCUT2D eigenvalue weighted by atomic mass is 9.78. The standard InChI is InChI=1S/C14H14O5/c15-13(16)3-4-14(8-17-9-14)10-1-2-11-12(7-10)19-6-5-18-11/h1-4,7H,5-6,8-9H2,(H,15,16)/b4-3+. The van der Waals surface area contributed by atoms with Gasteiger partial charge in [0.1, 0.15) is 13.2 Å². The molecule has 0 saturated carbocycles. The maximum absolute atomic E-state index is 10.7. The number of hydrogen-bond acceptors (Lipinski definition) is 4. The van der Waals surface area contributed by atoms with Gasteiger partial charge >= 0.3 is 5.97 Å². The van der Waals surface area contributed by atoms with Gasteiger partial charge in [-0.15, -0.1) is 0 Å². The van der Waals surface area contributed by atoms with Crippen LogP contribution in [0.2, 0.25) is 0 Å². The molecular formula is C14H14O5. The van der Waals surface area contributed by atoms with E-state index in [0.29, 0.717) is 32.2 Å². The molecule has 0 aliphatic carbocycles. The van der Waals surface area contributed by atoms with E-state index in [2.05, 4.69) is 0 Å². The van der Waals surface area contributed by atoms with E-state index in [4.69, 9.17) is 19.3 Å². The van der Waals surface area contributed by atoms with Crippen molar-refractivity contribution in [2.75, 3.05) is 26.4 Å². The van der Waals surface area contributed by atoms with Crippen molar-refractivity contribution in [2.24, 2.45) is 0 Å². The number of carboxylic acids is 1. The Balaban J connectivity index is 1.93. The molecule has 0 spiro atoms. The van der Waals surface area contributed by atoms with Crippen molar-refractivity contribution in [2.45, 2.75) is 5.41 Å². The topological polar surface area (TPSA) is 65.0 Å². The minimum Gasteiger partial charge on any atom is -0.486 e. The van der Waals surface area contributed by atoms with Crippen LogP contribution in [0, 0.1) is 0 Å². The van der Waals surface area contributed by atoms with E-state index in [-0.39, 0.29) is 5.41 Å². The summed E-state index contributed by atoms with van der Waals surface area (Å²) in [5.74, 6) is 0.482. The number of hydrogen-bond donors (Lipinski definition) is 1.